The lowest BCUT2D eigenvalue weighted by molar-refractivity contribution is -0.394. The number of non-ortho nitro benzene ring substituents is 1. The predicted octanol–water partition coefficient (Wildman–Crippen LogP) is 3.81. The maximum Gasteiger partial charge on any atom is 0.283 e. The van der Waals surface area contributed by atoms with Crippen molar-refractivity contribution in [3.63, 3.8) is 0 Å². The van der Waals surface area contributed by atoms with Crippen LogP contribution in [-0.2, 0) is 0 Å². The first kappa shape index (κ1) is 14.3. The Balaban J connectivity index is 2.37. The molecule has 0 unspecified atom stereocenters. The Labute approximate surface area is 118 Å². The van der Waals surface area contributed by atoms with E-state index in [4.69, 9.17) is 0 Å². The predicted molar refractivity (Wildman–Crippen MR) is 75.1 cm³/mol. The molecule has 0 amide bonds. The van der Waals surface area contributed by atoms with Crippen LogP contribution < -0.4 is 0 Å². The molecule has 2 aromatic rings. The molecular weight excluding hydrogens is 279 g/mol. The average Bonchev–Trinajstić information content (AvgIpc) is 2.46. The van der Waals surface area contributed by atoms with Gasteiger partial charge < -0.3 is 0 Å². The molecule has 0 heterocycles. The zero-order valence-corrected chi connectivity index (χ0v) is 10.6. The summed E-state index contributed by atoms with van der Waals surface area (Å²) in [7, 11) is 0. The van der Waals surface area contributed by atoms with Crippen LogP contribution in [0.2, 0.25) is 0 Å². The molecule has 0 bridgehead atoms. The Morgan fingerprint density at radius 3 is 2.14 bits per heavy atom. The van der Waals surface area contributed by atoms with Crippen molar-refractivity contribution >= 4 is 23.5 Å². The fourth-order valence-electron chi connectivity index (χ4n) is 1.70. The van der Waals surface area contributed by atoms with E-state index in [0.717, 1.165) is 6.07 Å². The van der Waals surface area contributed by atoms with Gasteiger partial charge in [0.1, 0.15) is 5.82 Å². The van der Waals surface area contributed by atoms with E-state index in [1.165, 1.54) is 42.5 Å². The number of nitro groups is 2. The summed E-state index contributed by atoms with van der Waals surface area (Å²) in [5.41, 5.74) is 0.183. The Hall–Kier alpha value is -3.09. The van der Waals surface area contributed by atoms with E-state index in [2.05, 4.69) is 0 Å². The molecule has 0 N–H and O–H groups in total. The van der Waals surface area contributed by atoms with Crippen LogP contribution in [0, 0.1) is 26.0 Å². The molecule has 0 aliphatic heterocycles. The Kier molecular flexibility index (Phi) is 4.03. The minimum Gasteiger partial charge on any atom is -0.258 e. The third kappa shape index (κ3) is 3.47. The van der Waals surface area contributed by atoms with Crippen LogP contribution in [0.4, 0.5) is 15.8 Å². The highest BCUT2D eigenvalue weighted by atomic mass is 19.1. The Morgan fingerprint density at radius 1 is 0.905 bits per heavy atom. The molecule has 0 radical (unpaired) electrons. The standard InChI is InChI=1S/C14H9FN2O4/c15-12-6-2-10(3-7-12)1-4-11-5-8-13(16(18)19)9-14(11)17(20)21/h1-9H. The van der Waals surface area contributed by atoms with Gasteiger partial charge in [0, 0.05) is 6.07 Å². The molecule has 0 spiro atoms. The van der Waals surface area contributed by atoms with E-state index in [-0.39, 0.29) is 22.8 Å². The molecule has 21 heavy (non-hydrogen) atoms. The van der Waals surface area contributed by atoms with Crippen molar-refractivity contribution in [2.24, 2.45) is 0 Å². The van der Waals surface area contributed by atoms with Gasteiger partial charge in [0.05, 0.1) is 21.5 Å². The highest BCUT2D eigenvalue weighted by Gasteiger charge is 2.17. The zero-order valence-electron chi connectivity index (χ0n) is 10.6. The van der Waals surface area contributed by atoms with Crippen LogP contribution in [0.3, 0.4) is 0 Å². The van der Waals surface area contributed by atoms with Gasteiger partial charge in [-0.2, -0.15) is 0 Å². The lowest BCUT2D eigenvalue weighted by atomic mass is 10.1. The molecule has 2 rings (SSSR count). The second-order valence-corrected chi connectivity index (χ2v) is 4.14. The molecule has 0 aromatic heterocycles. The first-order chi connectivity index (χ1) is 9.97. The summed E-state index contributed by atoms with van der Waals surface area (Å²) in [6.45, 7) is 0. The SMILES string of the molecule is O=[N+]([O-])c1ccc(C=Cc2ccc(F)cc2)c([N+](=O)[O-])c1. The van der Waals surface area contributed by atoms with Crippen LogP contribution in [0.25, 0.3) is 12.2 Å². The first-order valence-corrected chi connectivity index (χ1v) is 5.84. The minimum absolute atomic E-state index is 0.231. The molecule has 0 atom stereocenters. The van der Waals surface area contributed by atoms with Crippen molar-refractivity contribution in [2.45, 2.75) is 0 Å². The van der Waals surface area contributed by atoms with E-state index in [0.29, 0.717) is 5.56 Å². The van der Waals surface area contributed by atoms with Gasteiger partial charge in [0.15, 0.2) is 0 Å². The topological polar surface area (TPSA) is 86.3 Å². The molecule has 0 fully saturated rings. The van der Waals surface area contributed by atoms with Crippen molar-refractivity contribution in [1.82, 2.24) is 0 Å². The lowest BCUT2D eigenvalue weighted by Gasteiger charge is -1.98. The van der Waals surface area contributed by atoms with Crippen molar-refractivity contribution in [3.8, 4) is 0 Å². The van der Waals surface area contributed by atoms with E-state index in [1.807, 2.05) is 0 Å². The van der Waals surface area contributed by atoms with Crippen molar-refractivity contribution in [2.75, 3.05) is 0 Å². The zero-order chi connectivity index (χ0) is 15.4. The average molecular weight is 288 g/mol. The molecule has 0 aliphatic carbocycles. The fraction of sp³-hybridized carbons (Fsp3) is 0. The summed E-state index contributed by atoms with van der Waals surface area (Å²) in [4.78, 5) is 20.2. The first-order valence-electron chi connectivity index (χ1n) is 5.84. The van der Waals surface area contributed by atoms with E-state index < -0.39 is 9.85 Å². The third-order valence-electron chi connectivity index (χ3n) is 2.75. The summed E-state index contributed by atoms with van der Waals surface area (Å²) >= 11 is 0. The van der Waals surface area contributed by atoms with Gasteiger partial charge in [-0.3, -0.25) is 20.2 Å². The molecule has 0 aliphatic rings. The van der Waals surface area contributed by atoms with Gasteiger partial charge in [-0.25, -0.2) is 4.39 Å². The fourth-order valence-corrected chi connectivity index (χ4v) is 1.70. The maximum atomic E-state index is 12.8. The van der Waals surface area contributed by atoms with E-state index in [9.17, 15) is 24.6 Å². The van der Waals surface area contributed by atoms with Crippen LogP contribution >= 0.6 is 0 Å². The van der Waals surface area contributed by atoms with Gasteiger partial charge in [0.25, 0.3) is 11.4 Å². The number of benzene rings is 2. The second-order valence-electron chi connectivity index (χ2n) is 4.14. The maximum absolute atomic E-state index is 12.8. The van der Waals surface area contributed by atoms with Gasteiger partial charge in [-0.15, -0.1) is 0 Å². The third-order valence-corrected chi connectivity index (χ3v) is 2.75. The Bertz CT molecular complexity index is 726. The molecule has 2 aromatic carbocycles. The summed E-state index contributed by atoms with van der Waals surface area (Å²) in [6, 6.07) is 8.97. The number of hydrogen-bond donors (Lipinski definition) is 0. The van der Waals surface area contributed by atoms with Gasteiger partial charge >= 0.3 is 0 Å². The number of nitro benzene ring substituents is 2. The lowest BCUT2D eigenvalue weighted by Crippen LogP contribution is -1.94. The summed E-state index contributed by atoms with van der Waals surface area (Å²) in [5, 5.41) is 21.6. The normalized spacial score (nSPS) is 10.7. The summed E-state index contributed by atoms with van der Waals surface area (Å²) in [5.74, 6) is -0.381. The van der Waals surface area contributed by atoms with Crippen LogP contribution in [0.5, 0.6) is 0 Å². The largest absolute Gasteiger partial charge is 0.283 e. The quantitative estimate of drug-likeness (QED) is 0.486. The van der Waals surface area contributed by atoms with Gasteiger partial charge in [-0.05, 0) is 29.8 Å². The highest BCUT2D eigenvalue weighted by Crippen LogP contribution is 2.26. The second kappa shape index (κ2) is 5.91. The number of rotatable bonds is 4. The Morgan fingerprint density at radius 2 is 1.57 bits per heavy atom. The number of hydrogen-bond acceptors (Lipinski definition) is 4. The number of nitrogens with zero attached hydrogens (tertiary/aromatic N) is 2. The van der Waals surface area contributed by atoms with Crippen molar-refractivity contribution < 1.29 is 14.2 Å². The van der Waals surface area contributed by atoms with Gasteiger partial charge in [0.2, 0.25) is 0 Å². The highest BCUT2D eigenvalue weighted by molar-refractivity contribution is 5.75. The number of halogens is 1. The van der Waals surface area contributed by atoms with Gasteiger partial charge in [-0.1, -0.05) is 18.2 Å². The van der Waals surface area contributed by atoms with E-state index in [1.54, 1.807) is 6.08 Å². The van der Waals surface area contributed by atoms with E-state index >= 15 is 0 Å². The van der Waals surface area contributed by atoms with Crippen LogP contribution in [-0.4, -0.2) is 9.85 Å². The van der Waals surface area contributed by atoms with Crippen LogP contribution in [0.1, 0.15) is 11.1 Å². The monoisotopic (exact) mass is 288 g/mol. The molecular formula is C14H9FN2O4. The van der Waals surface area contributed by atoms with Crippen LogP contribution in [0.15, 0.2) is 42.5 Å². The molecule has 7 heteroatoms. The van der Waals surface area contributed by atoms with Crippen molar-refractivity contribution in [3.05, 3.63) is 79.6 Å². The smallest absolute Gasteiger partial charge is 0.258 e. The minimum atomic E-state index is -0.694. The molecule has 0 saturated heterocycles. The summed E-state index contributed by atoms with van der Waals surface area (Å²) < 4.78 is 12.8. The van der Waals surface area contributed by atoms with Crippen molar-refractivity contribution in [1.29, 1.82) is 0 Å². The molecule has 0 saturated carbocycles. The summed E-state index contributed by atoms with van der Waals surface area (Å²) in [6.07, 6.45) is 3.02. The molecule has 6 nitrogen and oxygen atoms in total. The molecule has 106 valence electrons.